The van der Waals surface area contributed by atoms with E-state index in [1.54, 1.807) is 17.0 Å². The maximum absolute atomic E-state index is 12.6. The molecule has 1 heterocycles. The van der Waals surface area contributed by atoms with Crippen molar-refractivity contribution in [3.63, 3.8) is 0 Å². The average Bonchev–Trinajstić information content (AvgIpc) is 2.99. The van der Waals surface area contributed by atoms with Gasteiger partial charge in [-0.15, -0.1) is 0 Å². The second-order valence-electron chi connectivity index (χ2n) is 6.56. The topological polar surface area (TPSA) is 49.4 Å². The number of likely N-dealkylation sites (tertiary alicyclic amines) is 1. The number of nitrogens with one attached hydrogen (secondary N) is 1. The third kappa shape index (κ3) is 4.37. The van der Waals surface area contributed by atoms with Crippen LogP contribution in [0.2, 0.25) is 10.0 Å². The molecule has 0 spiro atoms. The zero-order valence-corrected chi connectivity index (χ0v) is 15.9. The zero-order valence-electron chi connectivity index (χ0n) is 14.4. The summed E-state index contributed by atoms with van der Waals surface area (Å²) in [5.41, 5.74) is 1.93. The van der Waals surface area contributed by atoms with Crippen molar-refractivity contribution in [3.05, 3.63) is 69.7 Å². The lowest BCUT2D eigenvalue weighted by molar-refractivity contribution is -0.129. The first-order valence-corrected chi connectivity index (χ1v) is 9.26. The summed E-state index contributed by atoms with van der Waals surface area (Å²) >= 11 is 12.0. The van der Waals surface area contributed by atoms with Crippen LogP contribution in [-0.2, 0) is 16.1 Å². The monoisotopic (exact) mass is 390 g/mol. The van der Waals surface area contributed by atoms with Crippen LogP contribution in [0.3, 0.4) is 0 Å². The Labute approximate surface area is 163 Å². The predicted molar refractivity (Wildman–Crippen MR) is 103 cm³/mol. The number of benzene rings is 2. The Kier molecular flexibility index (Phi) is 5.84. The number of rotatable bonds is 5. The highest BCUT2D eigenvalue weighted by Gasteiger charge is 2.34. The Hall–Kier alpha value is -2.04. The van der Waals surface area contributed by atoms with Crippen LogP contribution in [-0.4, -0.2) is 23.3 Å². The molecule has 1 fully saturated rings. The number of hydrogen-bond donors (Lipinski definition) is 1. The number of carbonyl (C=O) groups excluding carboxylic acids is 2. The van der Waals surface area contributed by atoms with Crippen LogP contribution >= 0.6 is 23.2 Å². The average molecular weight is 391 g/mol. The third-order valence-electron chi connectivity index (χ3n) is 4.60. The molecule has 0 aliphatic carbocycles. The first-order valence-electron chi connectivity index (χ1n) is 8.51. The van der Waals surface area contributed by atoms with Crippen LogP contribution in [0.25, 0.3) is 0 Å². The third-order valence-corrected chi connectivity index (χ3v) is 5.34. The van der Waals surface area contributed by atoms with Gasteiger partial charge < -0.3 is 10.2 Å². The van der Waals surface area contributed by atoms with Crippen LogP contribution in [0.4, 0.5) is 0 Å². The second-order valence-corrected chi connectivity index (χ2v) is 7.38. The van der Waals surface area contributed by atoms with Crippen molar-refractivity contribution >= 4 is 35.0 Å². The van der Waals surface area contributed by atoms with Crippen molar-refractivity contribution in [2.75, 3.05) is 6.54 Å². The summed E-state index contributed by atoms with van der Waals surface area (Å²) in [5, 5.41) is 3.90. The lowest BCUT2D eigenvalue weighted by atomic mass is 10.0. The van der Waals surface area contributed by atoms with Crippen LogP contribution in [0.15, 0.2) is 48.5 Å². The second kappa shape index (κ2) is 8.11. The lowest BCUT2D eigenvalue weighted by Crippen LogP contribution is -2.34. The van der Waals surface area contributed by atoms with Gasteiger partial charge in [0.25, 0.3) is 0 Å². The number of carbonyl (C=O) groups is 2. The normalized spacial score (nSPS) is 18.0. The molecule has 136 valence electrons. The molecular weight excluding hydrogens is 371 g/mol. The van der Waals surface area contributed by atoms with Gasteiger partial charge in [-0.3, -0.25) is 9.59 Å². The van der Waals surface area contributed by atoms with E-state index in [2.05, 4.69) is 5.32 Å². The summed E-state index contributed by atoms with van der Waals surface area (Å²) in [5.74, 6) is -0.444. The lowest BCUT2D eigenvalue weighted by Gasteiger charge is -2.19. The Morgan fingerprint density at radius 2 is 1.92 bits per heavy atom. The molecule has 2 amide bonds. The van der Waals surface area contributed by atoms with Crippen molar-refractivity contribution in [2.24, 2.45) is 5.92 Å². The fourth-order valence-electron chi connectivity index (χ4n) is 3.10. The Morgan fingerprint density at radius 3 is 2.62 bits per heavy atom. The van der Waals surface area contributed by atoms with E-state index in [0.29, 0.717) is 23.1 Å². The summed E-state index contributed by atoms with van der Waals surface area (Å²) in [6.45, 7) is 2.86. The molecular formula is C20H20Cl2N2O2. The highest BCUT2D eigenvalue weighted by Crippen LogP contribution is 2.26. The predicted octanol–water partition coefficient (Wildman–Crippen LogP) is 4.22. The smallest absolute Gasteiger partial charge is 0.225 e. The summed E-state index contributed by atoms with van der Waals surface area (Å²) in [6.07, 6.45) is 0.243. The van der Waals surface area contributed by atoms with E-state index in [0.717, 1.165) is 11.1 Å². The number of hydrogen-bond acceptors (Lipinski definition) is 2. The Morgan fingerprint density at radius 1 is 1.19 bits per heavy atom. The first-order chi connectivity index (χ1) is 12.4. The van der Waals surface area contributed by atoms with Crippen molar-refractivity contribution in [1.82, 2.24) is 10.2 Å². The molecule has 1 N–H and O–H groups in total. The largest absolute Gasteiger partial charge is 0.349 e. The molecule has 3 rings (SSSR count). The molecule has 0 saturated carbocycles. The van der Waals surface area contributed by atoms with E-state index in [-0.39, 0.29) is 30.2 Å². The van der Waals surface area contributed by atoms with E-state index in [1.807, 2.05) is 43.3 Å². The van der Waals surface area contributed by atoms with Gasteiger partial charge in [0.15, 0.2) is 0 Å². The van der Waals surface area contributed by atoms with E-state index in [4.69, 9.17) is 23.2 Å². The van der Waals surface area contributed by atoms with Gasteiger partial charge in [0, 0.05) is 19.5 Å². The molecule has 6 heteroatoms. The van der Waals surface area contributed by atoms with Gasteiger partial charge in [-0.2, -0.15) is 0 Å². The van der Waals surface area contributed by atoms with Gasteiger partial charge in [0.2, 0.25) is 11.8 Å². The van der Waals surface area contributed by atoms with Crippen LogP contribution in [0.5, 0.6) is 0 Å². The van der Waals surface area contributed by atoms with Gasteiger partial charge in [0.1, 0.15) is 0 Å². The molecule has 2 aromatic carbocycles. The molecule has 1 aliphatic heterocycles. The number of nitrogens with zero attached hydrogens (tertiary/aromatic N) is 1. The Bertz CT molecular complexity index is 811. The fraction of sp³-hybridized carbons (Fsp3) is 0.300. The number of halogens is 2. The van der Waals surface area contributed by atoms with Crippen LogP contribution in [0.1, 0.15) is 30.5 Å². The molecule has 1 aliphatic rings. The minimum absolute atomic E-state index is 0.0104. The maximum Gasteiger partial charge on any atom is 0.225 e. The SMILES string of the molecule is CC(NC(=O)C1CC(=O)N(Cc2ccccc2)C1)c1ccc(Cl)c(Cl)c1. The molecule has 26 heavy (non-hydrogen) atoms. The van der Waals surface area contributed by atoms with Gasteiger partial charge in [0.05, 0.1) is 22.0 Å². The standard InChI is InChI=1S/C20H20Cl2N2O2/c1-13(15-7-8-17(21)18(22)9-15)23-20(26)16-10-19(25)24(12-16)11-14-5-3-2-4-6-14/h2-9,13,16H,10-12H2,1H3,(H,23,26). The minimum Gasteiger partial charge on any atom is -0.349 e. The van der Waals surface area contributed by atoms with Crippen molar-refractivity contribution in [1.29, 1.82) is 0 Å². The summed E-state index contributed by atoms with van der Waals surface area (Å²) in [6, 6.07) is 14.9. The molecule has 0 bridgehead atoms. The maximum atomic E-state index is 12.6. The molecule has 4 nitrogen and oxygen atoms in total. The fourth-order valence-corrected chi connectivity index (χ4v) is 3.41. The van der Waals surface area contributed by atoms with Gasteiger partial charge in [-0.1, -0.05) is 59.6 Å². The van der Waals surface area contributed by atoms with Crippen LogP contribution < -0.4 is 5.32 Å². The van der Waals surface area contributed by atoms with E-state index >= 15 is 0 Å². The Balaban J connectivity index is 1.59. The molecule has 2 aromatic rings. The quantitative estimate of drug-likeness (QED) is 0.830. The molecule has 0 radical (unpaired) electrons. The van der Waals surface area contributed by atoms with E-state index in [1.165, 1.54) is 0 Å². The summed E-state index contributed by atoms with van der Waals surface area (Å²) in [7, 11) is 0. The molecule has 1 saturated heterocycles. The van der Waals surface area contributed by atoms with E-state index < -0.39 is 0 Å². The van der Waals surface area contributed by atoms with Gasteiger partial charge >= 0.3 is 0 Å². The van der Waals surface area contributed by atoms with E-state index in [9.17, 15) is 9.59 Å². The first kappa shape index (κ1) is 18.7. The van der Waals surface area contributed by atoms with Gasteiger partial charge in [-0.25, -0.2) is 0 Å². The zero-order chi connectivity index (χ0) is 18.7. The van der Waals surface area contributed by atoms with Crippen molar-refractivity contribution in [2.45, 2.75) is 25.9 Å². The number of amides is 2. The highest BCUT2D eigenvalue weighted by molar-refractivity contribution is 6.42. The highest BCUT2D eigenvalue weighted by atomic mass is 35.5. The molecule has 0 aromatic heterocycles. The summed E-state index contributed by atoms with van der Waals surface area (Å²) < 4.78 is 0. The van der Waals surface area contributed by atoms with Crippen LogP contribution in [0, 0.1) is 5.92 Å². The van der Waals surface area contributed by atoms with Crippen molar-refractivity contribution in [3.8, 4) is 0 Å². The summed E-state index contributed by atoms with van der Waals surface area (Å²) in [4.78, 5) is 26.6. The minimum atomic E-state index is -0.337. The molecule has 2 unspecified atom stereocenters. The van der Waals surface area contributed by atoms with Gasteiger partial charge in [-0.05, 0) is 30.2 Å². The van der Waals surface area contributed by atoms with Crippen molar-refractivity contribution < 1.29 is 9.59 Å². The molecule has 2 atom stereocenters.